The molecule has 0 bridgehead atoms. The van der Waals surface area contributed by atoms with Crippen molar-refractivity contribution in [2.24, 2.45) is 0 Å². The SMILES string of the molecule is CSc1ccc(CN2CCNCC2c2ccncc2)cc1.Cl. The van der Waals surface area contributed by atoms with Gasteiger partial charge >= 0.3 is 0 Å². The van der Waals surface area contributed by atoms with E-state index in [0.29, 0.717) is 6.04 Å². The number of pyridine rings is 1. The van der Waals surface area contributed by atoms with Gasteiger partial charge < -0.3 is 5.32 Å². The topological polar surface area (TPSA) is 28.2 Å². The van der Waals surface area contributed by atoms with Crippen molar-refractivity contribution < 1.29 is 0 Å². The second kappa shape index (κ2) is 8.53. The highest BCUT2D eigenvalue weighted by atomic mass is 35.5. The minimum absolute atomic E-state index is 0. The number of halogens is 1. The predicted octanol–water partition coefficient (Wildman–Crippen LogP) is 3.37. The Bertz CT molecular complexity index is 562. The second-order valence-electron chi connectivity index (χ2n) is 5.32. The summed E-state index contributed by atoms with van der Waals surface area (Å²) in [6, 6.07) is 13.6. The largest absolute Gasteiger partial charge is 0.314 e. The summed E-state index contributed by atoms with van der Waals surface area (Å²) in [6.07, 6.45) is 5.88. The summed E-state index contributed by atoms with van der Waals surface area (Å²) in [5.41, 5.74) is 2.73. The third-order valence-electron chi connectivity index (χ3n) is 3.99. The number of nitrogens with zero attached hydrogens (tertiary/aromatic N) is 2. The molecule has 1 aliphatic rings. The van der Waals surface area contributed by atoms with Crippen LogP contribution in [0.1, 0.15) is 17.2 Å². The quantitative estimate of drug-likeness (QED) is 0.867. The van der Waals surface area contributed by atoms with Crippen molar-refractivity contribution in [3.8, 4) is 0 Å². The Balaban J connectivity index is 0.00000176. The molecule has 0 radical (unpaired) electrons. The molecule has 1 atom stereocenters. The monoisotopic (exact) mass is 335 g/mol. The molecule has 1 saturated heterocycles. The summed E-state index contributed by atoms with van der Waals surface area (Å²) in [7, 11) is 0. The number of nitrogens with one attached hydrogen (secondary N) is 1. The summed E-state index contributed by atoms with van der Waals surface area (Å²) in [4.78, 5) is 8.01. The molecule has 3 rings (SSSR count). The van der Waals surface area contributed by atoms with Gasteiger partial charge in [0.25, 0.3) is 0 Å². The van der Waals surface area contributed by atoms with E-state index in [2.05, 4.69) is 57.9 Å². The molecule has 22 heavy (non-hydrogen) atoms. The van der Waals surface area contributed by atoms with Crippen molar-refractivity contribution in [2.45, 2.75) is 17.5 Å². The highest BCUT2D eigenvalue weighted by Gasteiger charge is 2.23. The minimum Gasteiger partial charge on any atom is -0.314 e. The molecule has 1 N–H and O–H groups in total. The average Bonchev–Trinajstić information content (AvgIpc) is 2.57. The van der Waals surface area contributed by atoms with Crippen LogP contribution in [0.3, 0.4) is 0 Å². The maximum absolute atomic E-state index is 4.13. The van der Waals surface area contributed by atoms with Crippen LogP contribution in [0.2, 0.25) is 0 Å². The average molecular weight is 336 g/mol. The molecule has 1 unspecified atom stereocenters. The van der Waals surface area contributed by atoms with E-state index in [1.165, 1.54) is 16.0 Å². The van der Waals surface area contributed by atoms with E-state index < -0.39 is 0 Å². The van der Waals surface area contributed by atoms with E-state index in [-0.39, 0.29) is 12.4 Å². The van der Waals surface area contributed by atoms with Gasteiger partial charge in [-0.3, -0.25) is 9.88 Å². The number of benzene rings is 1. The lowest BCUT2D eigenvalue weighted by Crippen LogP contribution is -2.45. The van der Waals surface area contributed by atoms with E-state index in [4.69, 9.17) is 0 Å². The van der Waals surface area contributed by atoms with Crippen LogP contribution >= 0.6 is 24.2 Å². The third-order valence-corrected chi connectivity index (χ3v) is 4.73. The lowest BCUT2D eigenvalue weighted by molar-refractivity contribution is 0.153. The molecule has 1 fully saturated rings. The Kier molecular flexibility index (Phi) is 6.70. The van der Waals surface area contributed by atoms with Crippen molar-refractivity contribution in [2.75, 3.05) is 25.9 Å². The van der Waals surface area contributed by atoms with Gasteiger partial charge in [-0.25, -0.2) is 0 Å². The van der Waals surface area contributed by atoms with E-state index in [0.717, 1.165) is 26.2 Å². The summed E-state index contributed by atoms with van der Waals surface area (Å²) in [5.74, 6) is 0. The zero-order valence-electron chi connectivity index (χ0n) is 12.7. The van der Waals surface area contributed by atoms with Crippen LogP contribution in [0, 0.1) is 0 Å². The van der Waals surface area contributed by atoms with Crippen molar-refractivity contribution in [1.82, 2.24) is 15.2 Å². The molecule has 1 aromatic carbocycles. The fraction of sp³-hybridized carbons (Fsp3) is 0.353. The first-order valence-corrected chi connectivity index (χ1v) is 8.57. The summed E-state index contributed by atoms with van der Waals surface area (Å²) >= 11 is 1.79. The molecule has 2 heterocycles. The molecule has 1 aromatic heterocycles. The second-order valence-corrected chi connectivity index (χ2v) is 6.20. The minimum atomic E-state index is 0. The normalized spacial score (nSPS) is 18.7. The van der Waals surface area contributed by atoms with Gasteiger partial charge in [0, 0.05) is 49.5 Å². The van der Waals surface area contributed by atoms with Gasteiger partial charge in [-0.1, -0.05) is 12.1 Å². The molecule has 0 saturated carbocycles. The summed E-state index contributed by atoms with van der Waals surface area (Å²) < 4.78 is 0. The van der Waals surface area contributed by atoms with Crippen molar-refractivity contribution in [3.05, 3.63) is 59.9 Å². The first-order valence-electron chi connectivity index (χ1n) is 7.34. The number of piperazine rings is 1. The lowest BCUT2D eigenvalue weighted by Gasteiger charge is -2.36. The van der Waals surface area contributed by atoms with Crippen LogP contribution in [0.5, 0.6) is 0 Å². The Morgan fingerprint density at radius 2 is 1.91 bits per heavy atom. The smallest absolute Gasteiger partial charge is 0.0477 e. The highest BCUT2D eigenvalue weighted by Crippen LogP contribution is 2.24. The fourth-order valence-corrected chi connectivity index (χ4v) is 3.22. The number of aromatic nitrogens is 1. The van der Waals surface area contributed by atoms with Gasteiger partial charge in [0.2, 0.25) is 0 Å². The fourth-order valence-electron chi connectivity index (χ4n) is 2.82. The standard InChI is InChI=1S/C17H21N3S.ClH/c1-21-16-4-2-14(3-5-16)13-20-11-10-19-12-17(20)15-6-8-18-9-7-15;/h2-9,17,19H,10-13H2,1H3;1H. The van der Waals surface area contributed by atoms with Crippen molar-refractivity contribution in [1.29, 1.82) is 0 Å². The van der Waals surface area contributed by atoms with Gasteiger partial charge in [0.1, 0.15) is 0 Å². The Morgan fingerprint density at radius 3 is 2.59 bits per heavy atom. The maximum atomic E-state index is 4.13. The van der Waals surface area contributed by atoms with Crippen molar-refractivity contribution >= 4 is 24.2 Å². The molecule has 0 aliphatic carbocycles. The maximum Gasteiger partial charge on any atom is 0.0477 e. The first kappa shape index (κ1) is 17.3. The Morgan fingerprint density at radius 1 is 1.18 bits per heavy atom. The van der Waals surface area contributed by atoms with Crippen LogP contribution in [-0.2, 0) is 6.54 Å². The summed E-state index contributed by atoms with van der Waals surface area (Å²) in [6.45, 7) is 4.15. The van der Waals surface area contributed by atoms with E-state index in [1.54, 1.807) is 11.8 Å². The molecule has 3 nitrogen and oxygen atoms in total. The molecule has 2 aromatic rings. The first-order chi connectivity index (χ1) is 10.4. The Hall–Kier alpha value is -1.07. The highest BCUT2D eigenvalue weighted by molar-refractivity contribution is 7.98. The van der Waals surface area contributed by atoms with E-state index in [9.17, 15) is 0 Å². The van der Waals surface area contributed by atoms with Crippen molar-refractivity contribution in [3.63, 3.8) is 0 Å². The van der Waals surface area contributed by atoms with E-state index in [1.807, 2.05) is 12.4 Å². The van der Waals surface area contributed by atoms with Gasteiger partial charge in [0.15, 0.2) is 0 Å². The van der Waals surface area contributed by atoms with Crippen LogP contribution in [0.4, 0.5) is 0 Å². The van der Waals surface area contributed by atoms with Gasteiger partial charge in [-0.15, -0.1) is 24.2 Å². The predicted molar refractivity (Wildman–Crippen MR) is 95.7 cm³/mol. The zero-order chi connectivity index (χ0) is 14.5. The van der Waals surface area contributed by atoms with Crippen LogP contribution in [-0.4, -0.2) is 35.8 Å². The van der Waals surface area contributed by atoms with Gasteiger partial charge in [0.05, 0.1) is 0 Å². The van der Waals surface area contributed by atoms with Crippen LogP contribution in [0.25, 0.3) is 0 Å². The number of hydrogen-bond donors (Lipinski definition) is 1. The van der Waals surface area contributed by atoms with Gasteiger partial charge in [-0.05, 0) is 41.6 Å². The van der Waals surface area contributed by atoms with Crippen LogP contribution in [0.15, 0.2) is 53.7 Å². The molecule has 0 spiro atoms. The third kappa shape index (κ3) is 4.23. The number of rotatable bonds is 4. The number of thioether (sulfide) groups is 1. The van der Waals surface area contributed by atoms with Gasteiger partial charge in [-0.2, -0.15) is 0 Å². The molecular weight excluding hydrogens is 314 g/mol. The zero-order valence-corrected chi connectivity index (χ0v) is 14.4. The van der Waals surface area contributed by atoms with E-state index >= 15 is 0 Å². The lowest BCUT2D eigenvalue weighted by atomic mass is 10.0. The molecule has 118 valence electrons. The molecule has 0 amide bonds. The Labute approximate surface area is 142 Å². The van der Waals surface area contributed by atoms with Crippen LogP contribution < -0.4 is 5.32 Å². The molecule has 5 heteroatoms. The number of hydrogen-bond acceptors (Lipinski definition) is 4. The summed E-state index contributed by atoms with van der Waals surface area (Å²) in [5, 5.41) is 3.50. The molecular formula is C17H22ClN3S. The molecule has 1 aliphatic heterocycles.